The molecule has 2 aromatic heterocycles. The van der Waals surface area contributed by atoms with E-state index >= 15 is 0 Å². The second-order valence-corrected chi connectivity index (χ2v) is 19.0. The molecule has 0 fully saturated rings. The van der Waals surface area contributed by atoms with Crippen molar-refractivity contribution in [2.45, 2.75) is 63.2 Å². The molecular weight excluding hydrogens is 1030 g/mol. The lowest BCUT2D eigenvalue weighted by atomic mass is 9.90. The molecule has 2 aliphatic rings. The van der Waals surface area contributed by atoms with Gasteiger partial charge in [0.15, 0.2) is 11.2 Å². The van der Waals surface area contributed by atoms with E-state index in [4.69, 9.17) is 18.6 Å². The molecule has 80 heavy (non-hydrogen) atoms. The van der Waals surface area contributed by atoms with Crippen molar-refractivity contribution >= 4 is 63.2 Å². The van der Waals surface area contributed by atoms with Gasteiger partial charge < -0.3 is 54.8 Å². The van der Waals surface area contributed by atoms with Crippen molar-refractivity contribution in [1.82, 2.24) is 41.1 Å². The zero-order valence-corrected chi connectivity index (χ0v) is 44.3. The van der Waals surface area contributed by atoms with E-state index in [1.165, 1.54) is 36.8 Å². The monoisotopic (exact) mass is 1090 g/mol. The Bertz CT molecular complexity index is 3580. The number of H-pyrrole nitrogens is 1. The minimum atomic E-state index is -1.48. The number of fused-ring (bicyclic) bond motifs is 3. The van der Waals surface area contributed by atoms with Gasteiger partial charge in [-0.05, 0) is 97.1 Å². The number of esters is 2. The van der Waals surface area contributed by atoms with Gasteiger partial charge in [-0.2, -0.15) is 0 Å². The second-order valence-electron chi connectivity index (χ2n) is 19.0. The summed E-state index contributed by atoms with van der Waals surface area (Å²) >= 11 is 0. The van der Waals surface area contributed by atoms with Crippen molar-refractivity contribution < 1.29 is 56.6 Å². The number of imidazole rings is 1. The number of hydrogen-bond donors (Lipinski definition) is 6. The lowest BCUT2D eigenvalue weighted by molar-refractivity contribution is -0.144. The molecule has 6 aromatic rings. The molecule has 4 amide bonds. The summed E-state index contributed by atoms with van der Waals surface area (Å²) in [6.45, 7) is 1.41. The van der Waals surface area contributed by atoms with Gasteiger partial charge in [-0.3, -0.25) is 38.4 Å². The molecule has 3 heterocycles. The van der Waals surface area contributed by atoms with Crippen LogP contribution in [-0.4, -0.2) is 114 Å². The molecule has 1 aliphatic heterocycles. The summed E-state index contributed by atoms with van der Waals surface area (Å²) in [5, 5.41) is 15.4. The van der Waals surface area contributed by atoms with Crippen LogP contribution in [0.1, 0.15) is 46.4 Å². The zero-order valence-electron chi connectivity index (χ0n) is 44.3. The Morgan fingerprint density at radius 2 is 1.45 bits per heavy atom. The molecule has 4 unspecified atom stereocenters. The predicted molar refractivity (Wildman–Crippen MR) is 293 cm³/mol. The van der Waals surface area contributed by atoms with Crippen LogP contribution in [0.15, 0.2) is 137 Å². The Balaban J connectivity index is 1.00. The fourth-order valence-electron chi connectivity index (χ4n) is 9.35. The van der Waals surface area contributed by atoms with Gasteiger partial charge in [-0.25, -0.2) is 9.37 Å². The van der Waals surface area contributed by atoms with Crippen LogP contribution in [0.4, 0.5) is 4.39 Å². The standard InChI is InChI=1S/C59H59FN8O12/c1-34-24-35(14-17-41(34)55-42-12-8-9-13-51(42)80-52-28-39(69)16-18-43(52)55)56(73)63-23-22-62-47(25-36-31-68(2)49-20-15-37(60)26-44(36)49)58(75)65-45(19-21-53(71)77-3)57(74)67-48(27-38-30-61-33-64-38)59(76)66-46(29-54(72)78-4)50(70)32-79-40-10-6-5-7-11-40/h5-18,20,24,26,28,30-31,33,45-48,62H,19,21-23,25,27,29,32H2,1-4H3,(H,61,64)(H,63,73)(H,65,75)(H,66,76)(H,67,74). The average Bonchev–Trinajstić information content (AvgIpc) is 4.09. The number of halogens is 1. The normalized spacial score (nSPS) is 12.7. The van der Waals surface area contributed by atoms with Crippen molar-refractivity contribution in [3.63, 3.8) is 0 Å². The molecule has 6 N–H and O–H groups in total. The molecule has 0 saturated carbocycles. The highest BCUT2D eigenvalue weighted by Crippen LogP contribution is 2.41. The van der Waals surface area contributed by atoms with E-state index in [0.29, 0.717) is 44.8 Å². The number of amides is 4. The van der Waals surface area contributed by atoms with Crippen LogP contribution >= 0.6 is 0 Å². The van der Waals surface area contributed by atoms with E-state index in [-0.39, 0.29) is 44.2 Å². The maximum Gasteiger partial charge on any atom is 0.308 e. The topological polar surface area (TPSA) is 271 Å². The van der Waals surface area contributed by atoms with Gasteiger partial charge >= 0.3 is 11.9 Å². The smallest absolute Gasteiger partial charge is 0.308 e. The van der Waals surface area contributed by atoms with Gasteiger partial charge in [0, 0.05) is 90.1 Å². The number of nitrogens with one attached hydrogen (secondary N) is 6. The molecular formula is C59H59FN8O12. The third-order valence-electron chi connectivity index (χ3n) is 13.5. The SMILES string of the molecule is COC(=O)CCC(NC(=O)C(Cc1cn(C)c2ccc(F)cc12)NCCNC(=O)c1ccc(-c2c3ccc(=O)cc-3oc3ccccc23)c(C)c1)C(=O)NC(Cc1cnc[nH]1)C(=O)NC(CC(=O)OC)C(=O)COc1ccccc1. The van der Waals surface area contributed by atoms with E-state index < -0.39 is 84.4 Å². The summed E-state index contributed by atoms with van der Waals surface area (Å²) in [5.74, 6) is -4.81. The summed E-state index contributed by atoms with van der Waals surface area (Å²) in [4.78, 5) is 115. The van der Waals surface area contributed by atoms with E-state index in [0.717, 1.165) is 41.9 Å². The van der Waals surface area contributed by atoms with Crippen LogP contribution in [0.25, 0.3) is 44.3 Å². The lowest BCUT2D eigenvalue weighted by Gasteiger charge is -2.26. The quantitative estimate of drug-likeness (QED) is 0.0249. The number of benzene rings is 5. The third-order valence-corrected chi connectivity index (χ3v) is 13.5. The van der Waals surface area contributed by atoms with Crippen LogP contribution in [0.3, 0.4) is 0 Å². The first kappa shape index (κ1) is 56.7. The number of rotatable bonds is 25. The first-order valence-corrected chi connectivity index (χ1v) is 25.6. The summed E-state index contributed by atoms with van der Waals surface area (Å²) < 4.78 is 37.9. The fraction of sp³-hybridized carbons (Fsp3) is 0.271. The summed E-state index contributed by atoms with van der Waals surface area (Å²) in [7, 11) is 4.06. The van der Waals surface area contributed by atoms with E-state index in [1.807, 2.05) is 37.3 Å². The van der Waals surface area contributed by atoms with Gasteiger partial charge in [0.05, 0.1) is 33.0 Å². The number of carbonyl (C=O) groups excluding carboxylic acids is 7. The molecule has 4 atom stereocenters. The summed E-state index contributed by atoms with van der Waals surface area (Å²) in [6, 6.07) is 24.6. The molecule has 0 radical (unpaired) electrons. The minimum absolute atomic E-state index is 0.0229. The highest BCUT2D eigenvalue weighted by Gasteiger charge is 2.33. The number of aromatic nitrogens is 3. The number of para-hydroxylation sites is 2. The van der Waals surface area contributed by atoms with Gasteiger partial charge in [0.25, 0.3) is 5.91 Å². The Hall–Kier alpha value is -9.50. The maximum atomic E-state index is 14.7. The largest absolute Gasteiger partial charge is 0.486 e. The molecule has 8 rings (SSSR count). The number of ether oxygens (including phenoxy) is 3. The van der Waals surface area contributed by atoms with Crippen LogP contribution in [0.2, 0.25) is 0 Å². The molecule has 0 bridgehead atoms. The maximum absolute atomic E-state index is 14.7. The first-order valence-electron chi connectivity index (χ1n) is 25.6. The number of carbonyl (C=O) groups is 7. The number of methoxy groups -OCH3 is 2. The number of hydrogen-bond acceptors (Lipinski definition) is 14. The van der Waals surface area contributed by atoms with Crippen LogP contribution < -0.4 is 36.7 Å². The van der Waals surface area contributed by atoms with Gasteiger partial charge in [0.1, 0.15) is 47.6 Å². The fourth-order valence-corrected chi connectivity index (χ4v) is 9.35. The summed E-state index contributed by atoms with van der Waals surface area (Å²) in [6.07, 6.45) is 3.09. The highest BCUT2D eigenvalue weighted by molar-refractivity contribution is 6.04. The molecule has 20 nitrogen and oxygen atoms in total. The third kappa shape index (κ3) is 14.2. The lowest BCUT2D eigenvalue weighted by Crippen LogP contribution is -2.58. The van der Waals surface area contributed by atoms with Crippen LogP contribution in [0, 0.1) is 12.7 Å². The van der Waals surface area contributed by atoms with Crippen molar-refractivity contribution in [3.8, 4) is 28.2 Å². The number of aromatic amines is 1. The van der Waals surface area contributed by atoms with Crippen LogP contribution in [0.5, 0.6) is 5.75 Å². The van der Waals surface area contributed by atoms with E-state index in [9.17, 15) is 42.7 Å². The second kappa shape index (κ2) is 26.2. The van der Waals surface area contributed by atoms with Crippen molar-refractivity contribution in [3.05, 3.63) is 166 Å². The molecule has 414 valence electrons. The number of Topliss-reactive ketones (excluding diaryl/α,β-unsaturated/α-hetero) is 1. The van der Waals surface area contributed by atoms with E-state index in [2.05, 4.69) is 36.6 Å². The van der Waals surface area contributed by atoms with Gasteiger partial charge in [-0.15, -0.1) is 0 Å². The molecule has 21 heteroatoms. The molecule has 4 aromatic carbocycles. The number of aryl methyl sites for hydroxylation is 2. The molecule has 0 spiro atoms. The van der Waals surface area contributed by atoms with Crippen molar-refractivity contribution in [2.24, 2.45) is 7.05 Å². The van der Waals surface area contributed by atoms with Crippen molar-refractivity contribution in [2.75, 3.05) is 33.9 Å². The zero-order chi connectivity index (χ0) is 56.9. The average molecular weight is 1090 g/mol. The predicted octanol–water partition coefficient (Wildman–Crippen LogP) is 5.02. The summed E-state index contributed by atoms with van der Waals surface area (Å²) in [5.41, 5.74) is 5.60. The Morgan fingerprint density at radius 3 is 2.20 bits per heavy atom. The Kier molecular flexibility index (Phi) is 18.6. The highest BCUT2D eigenvalue weighted by atomic mass is 19.1. The van der Waals surface area contributed by atoms with Crippen molar-refractivity contribution in [1.29, 1.82) is 0 Å². The van der Waals surface area contributed by atoms with Crippen LogP contribution in [-0.2, 0) is 58.1 Å². The number of ketones is 1. The van der Waals surface area contributed by atoms with Gasteiger partial charge in [-0.1, -0.05) is 42.5 Å². The Labute approximate surface area is 458 Å². The molecule has 0 saturated heterocycles. The number of nitrogens with zero attached hydrogens (tertiary/aromatic N) is 2. The van der Waals surface area contributed by atoms with E-state index in [1.54, 1.807) is 72.4 Å². The first-order chi connectivity index (χ1) is 38.6. The minimum Gasteiger partial charge on any atom is -0.486 e. The molecule has 1 aliphatic carbocycles. The Morgan fingerprint density at radius 1 is 0.738 bits per heavy atom. The van der Waals surface area contributed by atoms with Gasteiger partial charge in [0.2, 0.25) is 17.7 Å².